The van der Waals surface area contributed by atoms with Crippen LogP contribution in [0.4, 0.5) is 0 Å². The van der Waals surface area contributed by atoms with Crippen molar-refractivity contribution in [3.05, 3.63) is 0 Å². The quantitative estimate of drug-likeness (QED) is 0.597. The Kier molecular flexibility index (Phi) is 1.71. The van der Waals surface area contributed by atoms with Gasteiger partial charge in [-0.15, -0.1) is 0 Å². The number of hydrogen-bond acceptors (Lipinski definition) is 1. The van der Waals surface area contributed by atoms with E-state index in [2.05, 4.69) is 12.6 Å². The monoisotopic (exact) mass is 156 g/mol. The molecule has 0 N–H and O–H groups in total. The van der Waals surface area contributed by atoms with Gasteiger partial charge in [-0.2, -0.15) is 12.6 Å². The molecule has 0 nitrogen and oxygen atoms in total. The fourth-order valence-electron chi connectivity index (χ4n) is 2.71. The average Bonchev–Trinajstić information content (AvgIpc) is 2.51. The van der Waals surface area contributed by atoms with E-state index >= 15 is 0 Å². The molecule has 0 spiro atoms. The lowest BCUT2D eigenvalue weighted by Gasteiger charge is -2.08. The maximum atomic E-state index is 4.25. The minimum Gasteiger partial charge on any atom is -0.179 e. The standard InChI is InChI=1S/C9H16S/c10-6-2-5-9-4-1-3-8(9)7-9/h8,10H,1-7H2. The highest BCUT2D eigenvalue weighted by Crippen LogP contribution is 2.65. The lowest BCUT2D eigenvalue weighted by Crippen LogP contribution is -1.98. The molecule has 0 radical (unpaired) electrons. The molecular weight excluding hydrogens is 140 g/mol. The number of thiol groups is 1. The van der Waals surface area contributed by atoms with Gasteiger partial charge < -0.3 is 0 Å². The highest BCUT2D eigenvalue weighted by atomic mass is 32.1. The molecule has 0 amide bonds. The summed E-state index contributed by atoms with van der Waals surface area (Å²) in [5.41, 5.74) is 0.864. The second-order valence-electron chi connectivity index (χ2n) is 3.98. The SMILES string of the molecule is SCCCC12CCCC1C2. The van der Waals surface area contributed by atoms with Crippen LogP contribution in [0, 0.1) is 11.3 Å². The van der Waals surface area contributed by atoms with Crippen LogP contribution in [-0.4, -0.2) is 5.75 Å². The third-order valence-corrected chi connectivity index (χ3v) is 3.74. The molecular formula is C9H16S. The molecule has 10 heavy (non-hydrogen) atoms. The van der Waals surface area contributed by atoms with E-state index in [0.29, 0.717) is 0 Å². The smallest absolute Gasteiger partial charge is 0.00977 e. The molecule has 0 aromatic carbocycles. The van der Waals surface area contributed by atoms with Gasteiger partial charge in [-0.25, -0.2) is 0 Å². The van der Waals surface area contributed by atoms with Crippen LogP contribution in [0.3, 0.4) is 0 Å². The highest BCUT2D eigenvalue weighted by molar-refractivity contribution is 7.80. The molecule has 2 saturated carbocycles. The maximum absolute atomic E-state index is 4.25. The van der Waals surface area contributed by atoms with Crippen LogP contribution < -0.4 is 0 Å². The third-order valence-electron chi connectivity index (χ3n) is 3.42. The second-order valence-corrected chi connectivity index (χ2v) is 4.43. The van der Waals surface area contributed by atoms with Crippen molar-refractivity contribution >= 4 is 12.6 Å². The molecule has 0 aromatic rings. The van der Waals surface area contributed by atoms with E-state index in [0.717, 1.165) is 17.1 Å². The van der Waals surface area contributed by atoms with Gasteiger partial charge in [-0.1, -0.05) is 6.42 Å². The zero-order valence-corrected chi connectivity index (χ0v) is 7.37. The normalized spacial score (nSPS) is 43.5. The number of hydrogen-bond donors (Lipinski definition) is 1. The summed E-state index contributed by atoms with van der Waals surface area (Å²) in [6.45, 7) is 0. The van der Waals surface area contributed by atoms with Gasteiger partial charge in [0.05, 0.1) is 0 Å². The molecule has 2 fully saturated rings. The van der Waals surface area contributed by atoms with Crippen LogP contribution in [0.25, 0.3) is 0 Å². The van der Waals surface area contributed by atoms with Gasteiger partial charge in [0.25, 0.3) is 0 Å². The van der Waals surface area contributed by atoms with Crippen LogP contribution in [0.5, 0.6) is 0 Å². The second kappa shape index (κ2) is 2.44. The van der Waals surface area contributed by atoms with Crippen molar-refractivity contribution < 1.29 is 0 Å². The summed E-state index contributed by atoms with van der Waals surface area (Å²) in [6, 6.07) is 0. The Balaban J connectivity index is 1.82. The van der Waals surface area contributed by atoms with Crippen LogP contribution in [-0.2, 0) is 0 Å². The van der Waals surface area contributed by atoms with Crippen molar-refractivity contribution in [2.75, 3.05) is 5.75 Å². The summed E-state index contributed by atoms with van der Waals surface area (Å²) < 4.78 is 0. The minimum atomic E-state index is 0.864. The van der Waals surface area contributed by atoms with E-state index in [1.165, 1.54) is 32.1 Å². The Morgan fingerprint density at radius 1 is 1.50 bits per heavy atom. The minimum absolute atomic E-state index is 0.864. The summed E-state index contributed by atoms with van der Waals surface area (Å²) in [5, 5.41) is 0. The van der Waals surface area contributed by atoms with Crippen LogP contribution in [0.2, 0.25) is 0 Å². The van der Waals surface area contributed by atoms with E-state index in [1.807, 2.05) is 0 Å². The largest absolute Gasteiger partial charge is 0.179 e. The molecule has 0 aliphatic heterocycles. The summed E-state index contributed by atoms with van der Waals surface area (Å²) in [6.07, 6.45) is 8.96. The fourth-order valence-corrected chi connectivity index (χ4v) is 2.87. The lowest BCUT2D eigenvalue weighted by atomic mass is 9.98. The zero-order valence-electron chi connectivity index (χ0n) is 6.47. The molecule has 58 valence electrons. The first-order valence-electron chi connectivity index (χ1n) is 4.48. The number of fused-ring (bicyclic) bond motifs is 1. The first-order valence-corrected chi connectivity index (χ1v) is 5.11. The summed E-state index contributed by atoms with van der Waals surface area (Å²) in [4.78, 5) is 0. The van der Waals surface area contributed by atoms with Crippen LogP contribution in [0.15, 0.2) is 0 Å². The maximum Gasteiger partial charge on any atom is -0.00977 e. The van der Waals surface area contributed by atoms with E-state index in [9.17, 15) is 0 Å². The van der Waals surface area contributed by atoms with Gasteiger partial charge in [-0.05, 0) is 49.2 Å². The molecule has 0 bridgehead atoms. The Bertz CT molecular complexity index is 133. The predicted octanol–water partition coefficient (Wildman–Crippen LogP) is 2.89. The van der Waals surface area contributed by atoms with Crippen molar-refractivity contribution in [1.82, 2.24) is 0 Å². The molecule has 0 heterocycles. The van der Waals surface area contributed by atoms with Crippen molar-refractivity contribution in [2.24, 2.45) is 11.3 Å². The van der Waals surface area contributed by atoms with Crippen LogP contribution in [0.1, 0.15) is 38.5 Å². The van der Waals surface area contributed by atoms with Crippen molar-refractivity contribution in [1.29, 1.82) is 0 Å². The first-order chi connectivity index (χ1) is 4.87. The van der Waals surface area contributed by atoms with Crippen molar-refractivity contribution in [3.8, 4) is 0 Å². The molecule has 2 unspecified atom stereocenters. The summed E-state index contributed by atoms with van der Waals surface area (Å²) in [7, 11) is 0. The Hall–Kier alpha value is 0.350. The Labute approximate surface area is 68.8 Å². The van der Waals surface area contributed by atoms with Gasteiger partial charge >= 0.3 is 0 Å². The van der Waals surface area contributed by atoms with Crippen molar-refractivity contribution in [2.45, 2.75) is 38.5 Å². The zero-order chi connectivity index (χ0) is 7.03. The lowest BCUT2D eigenvalue weighted by molar-refractivity contribution is 0.442. The van der Waals surface area contributed by atoms with Gasteiger partial charge in [-0.3, -0.25) is 0 Å². The molecule has 2 rings (SSSR count). The first kappa shape index (κ1) is 7.02. The Morgan fingerprint density at radius 2 is 2.40 bits per heavy atom. The molecule has 2 atom stereocenters. The predicted molar refractivity (Wildman–Crippen MR) is 47.5 cm³/mol. The molecule has 1 heteroatoms. The molecule has 0 aromatic heterocycles. The number of rotatable bonds is 3. The molecule has 2 aliphatic carbocycles. The van der Waals surface area contributed by atoms with Crippen LogP contribution >= 0.6 is 12.6 Å². The molecule has 0 saturated heterocycles. The van der Waals surface area contributed by atoms with E-state index in [4.69, 9.17) is 0 Å². The van der Waals surface area contributed by atoms with E-state index < -0.39 is 0 Å². The Morgan fingerprint density at radius 3 is 2.90 bits per heavy atom. The van der Waals surface area contributed by atoms with Gasteiger partial charge in [0.1, 0.15) is 0 Å². The third kappa shape index (κ3) is 0.990. The van der Waals surface area contributed by atoms with Crippen molar-refractivity contribution in [3.63, 3.8) is 0 Å². The van der Waals surface area contributed by atoms with Gasteiger partial charge in [0.15, 0.2) is 0 Å². The topological polar surface area (TPSA) is 0 Å². The van der Waals surface area contributed by atoms with Gasteiger partial charge in [0, 0.05) is 0 Å². The molecule has 2 aliphatic rings. The summed E-state index contributed by atoms with van der Waals surface area (Å²) >= 11 is 4.25. The highest BCUT2D eigenvalue weighted by Gasteiger charge is 2.55. The van der Waals surface area contributed by atoms with E-state index in [-0.39, 0.29) is 0 Å². The summed E-state index contributed by atoms with van der Waals surface area (Å²) in [5.74, 6) is 2.24. The van der Waals surface area contributed by atoms with Gasteiger partial charge in [0.2, 0.25) is 0 Å². The van der Waals surface area contributed by atoms with E-state index in [1.54, 1.807) is 6.42 Å². The average molecular weight is 156 g/mol. The fraction of sp³-hybridized carbons (Fsp3) is 1.00.